The second-order valence-electron chi connectivity index (χ2n) is 6.09. The van der Waals surface area contributed by atoms with Gasteiger partial charge in [-0.2, -0.15) is 0 Å². The van der Waals surface area contributed by atoms with Crippen molar-refractivity contribution in [2.45, 2.75) is 31.8 Å². The number of rotatable bonds is 5. The first-order chi connectivity index (χ1) is 9.68. The van der Waals surface area contributed by atoms with E-state index in [-0.39, 0.29) is 23.1 Å². The molecule has 1 saturated heterocycles. The molecule has 3 rings (SSSR count). The first-order valence-corrected chi connectivity index (χ1v) is 7.32. The average molecular weight is 279 g/mol. The molecule has 0 bridgehead atoms. The Morgan fingerprint density at radius 3 is 2.85 bits per heavy atom. The zero-order chi connectivity index (χ0) is 14.2. The van der Waals surface area contributed by atoms with Gasteiger partial charge in [-0.05, 0) is 49.3 Å². The van der Waals surface area contributed by atoms with Crippen molar-refractivity contribution in [3.63, 3.8) is 0 Å². The van der Waals surface area contributed by atoms with Crippen molar-refractivity contribution in [1.82, 2.24) is 0 Å². The number of halogens is 1. The largest absolute Gasteiger partial charge is 0.494 e. The van der Waals surface area contributed by atoms with Crippen LogP contribution >= 0.6 is 0 Å². The zero-order valence-electron chi connectivity index (χ0n) is 11.9. The molecule has 1 aromatic carbocycles. The van der Waals surface area contributed by atoms with Crippen LogP contribution in [0.3, 0.4) is 0 Å². The van der Waals surface area contributed by atoms with Crippen molar-refractivity contribution in [2.75, 3.05) is 20.3 Å². The molecular weight excluding hydrogens is 257 g/mol. The van der Waals surface area contributed by atoms with Gasteiger partial charge in [0.05, 0.1) is 13.2 Å². The molecule has 1 heterocycles. The van der Waals surface area contributed by atoms with E-state index in [0.29, 0.717) is 12.5 Å². The average Bonchev–Trinajstić information content (AvgIpc) is 3.21. The second-order valence-corrected chi connectivity index (χ2v) is 6.09. The van der Waals surface area contributed by atoms with Gasteiger partial charge >= 0.3 is 0 Å². The summed E-state index contributed by atoms with van der Waals surface area (Å²) in [5.74, 6) is 0.639. The predicted octanol–water partition coefficient (Wildman–Crippen LogP) is 2.52. The number of hydrogen-bond donors (Lipinski definition) is 1. The lowest BCUT2D eigenvalue weighted by Gasteiger charge is -2.33. The molecule has 2 aliphatic rings. The van der Waals surface area contributed by atoms with Gasteiger partial charge in [0.2, 0.25) is 0 Å². The van der Waals surface area contributed by atoms with Crippen LogP contribution in [0.15, 0.2) is 18.2 Å². The van der Waals surface area contributed by atoms with Gasteiger partial charge < -0.3 is 15.2 Å². The van der Waals surface area contributed by atoms with Crippen molar-refractivity contribution in [2.24, 2.45) is 17.1 Å². The van der Waals surface area contributed by atoms with E-state index in [1.54, 1.807) is 12.1 Å². The molecule has 2 fully saturated rings. The molecule has 1 aromatic rings. The predicted molar refractivity (Wildman–Crippen MR) is 75.2 cm³/mol. The highest BCUT2D eigenvalue weighted by molar-refractivity contribution is 5.30. The monoisotopic (exact) mass is 279 g/mol. The molecule has 0 radical (unpaired) electrons. The summed E-state index contributed by atoms with van der Waals surface area (Å²) in [5.41, 5.74) is 7.02. The minimum absolute atomic E-state index is 0.0256. The van der Waals surface area contributed by atoms with E-state index in [9.17, 15) is 4.39 Å². The maximum Gasteiger partial charge on any atom is 0.165 e. The van der Waals surface area contributed by atoms with E-state index in [1.165, 1.54) is 20.0 Å². The molecule has 0 amide bonds. The fourth-order valence-corrected chi connectivity index (χ4v) is 3.45. The van der Waals surface area contributed by atoms with Crippen molar-refractivity contribution < 1.29 is 13.9 Å². The molecule has 2 atom stereocenters. The van der Waals surface area contributed by atoms with Gasteiger partial charge in [-0.1, -0.05) is 6.07 Å². The van der Waals surface area contributed by atoms with E-state index in [0.717, 1.165) is 25.0 Å². The summed E-state index contributed by atoms with van der Waals surface area (Å²) < 4.78 is 24.7. The fraction of sp³-hybridized carbons (Fsp3) is 0.625. The summed E-state index contributed by atoms with van der Waals surface area (Å²) in [7, 11) is 1.48. The highest BCUT2D eigenvalue weighted by atomic mass is 19.1. The van der Waals surface area contributed by atoms with Crippen LogP contribution in [0, 0.1) is 17.2 Å². The van der Waals surface area contributed by atoms with Gasteiger partial charge in [0.1, 0.15) is 0 Å². The molecule has 1 aliphatic carbocycles. The quantitative estimate of drug-likeness (QED) is 0.900. The van der Waals surface area contributed by atoms with Crippen molar-refractivity contribution in [1.29, 1.82) is 0 Å². The lowest BCUT2D eigenvalue weighted by molar-refractivity contribution is 0.0344. The third kappa shape index (κ3) is 2.42. The van der Waals surface area contributed by atoms with Crippen LogP contribution in [0.4, 0.5) is 4.39 Å². The summed E-state index contributed by atoms with van der Waals surface area (Å²) in [5, 5.41) is 0. The summed E-state index contributed by atoms with van der Waals surface area (Å²) >= 11 is 0. The van der Waals surface area contributed by atoms with Crippen LogP contribution < -0.4 is 10.5 Å². The van der Waals surface area contributed by atoms with Crippen LogP contribution in [0.5, 0.6) is 5.75 Å². The summed E-state index contributed by atoms with van der Waals surface area (Å²) in [6.07, 6.45) is 4.48. The molecular formula is C16H22FNO2. The number of methoxy groups -OCH3 is 1. The maximum atomic E-state index is 13.8. The standard InChI is InChI=1S/C16H22FNO2/c1-19-14-5-2-11(8-13(14)17)9-16(10-18)6-7-20-15(16)12-3-4-12/h2,5,8,12,15H,3-4,6-7,9-10,18H2,1H3. The molecule has 0 aromatic heterocycles. The maximum absolute atomic E-state index is 13.8. The number of hydrogen-bond acceptors (Lipinski definition) is 3. The third-order valence-corrected chi connectivity index (χ3v) is 4.73. The first kappa shape index (κ1) is 13.8. The lowest BCUT2D eigenvalue weighted by Crippen LogP contribution is -2.41. The Bertz CT molecular complexity index is 489. The SMILES string of the molecule is COc1ccc(CC2(CN)CCOC2C2CC2)cc1F. The molecule has 3 nitrogen and oxygen atoms in total. The second kappa shape index (κ2) is 5.34. The number of ether oxygens (including phenoxy) is 2. The molecule has 2 N–H and O–H groups in total. The van der Waals surface area contributed by atoms with Crippen LogP contribution in [0.2, 0.25) is 0 Å². The fourth-order valence-electron chi connectivity index (χ4n) is 3.45. The van der Waals surface area contributed by atoms with Gasteiger partial charge in [-0.3, -0.25) is 0 Å². The summed E-state index contributed by atoms with van der Waals surface area (Å²) in [6, 6.07) is 5.19. The third-order valence-electron chi connectivity index (χ3n) is 4.73. The Hall–Kier alpha value is -1.13. The molecule has 1 aliphatic heterocycles. The number of nitrogens with two attached hydrogens (primary N) is 1. The topological polar surface area (TPSA) is 44.5 Å². The van der Waals surface area contributed by atoms with Gasteiger partial charge in [0.25, 0.3) is 0 Å². The molecule has 1 saturated carbocycles. The van der Waals surface area contributed by atoms with Crippen LogP contribution in [-0.4, -0.2) is 26.4 Å². The number of benzene rings is 1. The van der Waals surface area contributed by atoms with Crippen molar-refractivity contribution in [3.05, 3.63) is 29.6 Å². The van der Waals surface area contributed by atoms with E-state index in [1.807, 2.05) is 6.07 Å². The summed E-state index contributed by atoms with van der Waals surface area (Å²) in [4.78, 5) is 0. The van der Waals surface area contributed by atoms with E-state index in [4.69, 9.17) is 15.2 Å². The summed E-state index contributed by atoms with van der Waals surface area (Å²) in [6.45, 7) is 1.37. The van der Waals surface area contributed by atoms with Gasteiger partial charge in [-0.15, -0.1) is 0 Å². The molecule has 2 unspecified atom stereocenters. The van der Waals surface area contributed by atoms with E-state index in [2.05, 4.69) is 0 Å². The Kier molecular flexibility index (Phi) is 3.69. The normalized spacial score (nSPS) is 29.6. The van der Waals surface area contributed by atoms with Gasteiger partial charge in [0, 0.05) is 18.6 Å². The Morgan fingerprint density at radius 1 is 1.45 bits per heavy atom. The van der Waals surface area contributed by atoms with Gasteiger partial charge in [0.15, 0.2) is 11.6 Å². The smallest absolute Gasteiger partial charge is 0.165 e. The van der Waals surface area contributed by atoms with E-state index < -0.39 is 0 Å². The first-order valence-electron chi connectivity index (χ1n) is 7.32. The molecule has 0 spiro atoms. The molecule has 20 heavy (non-hydrogen) atoms. The van der Waals surface area contributed by atoms with Crippen LogP contribution in [0.25, 0.3) is 0 Å². The van der Waals surface area contributed by atoms with E-state index >= 15 is 0 Å². The Labute approximate surface area is 119 Å². The Morgan fingerprint density at radius 2 is 2.25 bits per heavy atom. The molecule has 4 heteroatoms. The minimum Gasteiger partial charge on any atom is -0.494 e. The Balaban J connectivity index is 1.82. The molecule has 110 valence electrons. The van der Waals surface area contributed by atoms with Gasteiger partial charge in [-0.25, -0.2) is 4.39 Å². The zero-order valence-corrected chi connectivity index (χ0v) is 11.9. The van der Waals surface area contributed by atoms with Crippen molar-refractivity contribution in [3.8, 4) is 5.75 Å². The van der Waals surface area contributed by atoms with Crippen LogP contribution in [0.1, 0.15) is 24.8 Å². The highest BCUT2D eigenvalue weighted by Crippen LogP contribution is 2.49. The van der Waals surface area contributed by atoms with Crippen LogP contribution in [-0.2, 0) is 11.2 Å². The minimum atomic E-state index is -0.306. The van der Waals surface area contributed by atoms with Crippen molar-refractivity contribution >= 4 is 0 Å². The highest BCUT2D eigenvalue weighted by Gasteiger charge is 2.50. The lowest BCUT2D eigenvalue weighted by atomic mass is 9.74.